The summed E-state index contributed by atoms with van der Waals surface area (Å²) in [5.41, 5.74) is 0.711. The Kier molecular flexibility index (Phi) is 4.05. The Morgan fingerprint density at radius 3 is 2.70 bits per heavy atom. The van der Waals surface area contributed by atoms with Gasteiger partial charge < -0.3 is 4.42 Å². The minimum absolute atomic E-state index is 0.123. The zero-order valence-electron chi connectivity index (χ0n) is 12.5. The molecule has 0 unspecified atom stereocenters. The van der Waals surface area contributed by atoms with E-state index in [9.17, 15) is 13.2 Å². The SMILES string of the molecule is Cc1nc(C)c(CNS(=O)(=O)c2ccc3oc(=O)ccc3c2)s1. The first-order chi connectivity index (χ1) is 10.8. The van der Waals surface area contributed by atoms with Crippen molar-refractivity contribution in [2.75, 3.05) is 0 Å². The normalized spacial score (nSPS) is 11.9. The summed E-state index contributed by atoms with van der Waals surface area (Å²) >= 11 is 1.47. The summed E-state index contributed by atoms with van der Waals surface area (Å²) in [4.78, 5) is 16.4. The number of aromatic nitrogens is 1. The van der Waals surface area contributed by atoms with Gasteiger partial charge in [-0.25, -0.2) is 22.9 Å². The molecule has 8 heteroatoms. The van der Waals surface area contributed by atoms with Gasteiger partial charge in [0.15, 0.2) is 0 Å². The average molecular weight is 350 g/mol. The molecule has 0 atom stereocenters. The third kappa shape index (κ3) is 3.34. The molecule has 0 aliphatic rings. The average Bonchev–Trinajstić information content (AvgIpc) is 2.82. The maximum atomic E-state index is 12.4. The molecule has 0 fully saturated rings. The number of hydrogen-bond acceptors (Lipinski definition) is 6. The summed E-state index contributed by atoms with van der Waals surface area (Å²) in [6.07, 6.45) is 0. The smallest absolute Gasteiger partial charge is 0.336 e. The minimum Gasteiger partial charge on any atom is -0.423 e. The van der Waals surface area contributed by atoms with Crippen LogP contribution in [0.3, 0.4) is 0 Å². The van der Waals surface area contributed by atoms with Gasteiger partial charge in [-0.3, -0.25) is 0 Å². The van der Waals surface area contributed by atoms with E-state index in [1.165, 1.54) is 41.7 Å². The van der Waals surface area contributed by atoms with Crippen molar-refractivity contribution >= 4 is 32.3 Å². The van der Waals surface area contributed by atoms with Gasteiger partial charge in [0.05, 0.1) is 15.6 Å². The van der Waals surface area contributed by atoms with E-state index < -0.39 is 15.6 Å². The topological polar surface area (TPSA) is 89.3 Å². The second-order valence-corrected chi connectivity index (χ2v) is 8.07. The van der Waals surface area contributed by atoms with Gasteiger partial charge in [-0.2, -0.15) is 0 Å². The van der Waals surface area contributed by atoms with Crippen LogP contribution in [-0.4, -0.2) is 13.4 Å². The van der Waals surface area contributed by atoms with Gasteiger partial charge in [-0.15, -0.1) is 11.3 Å². The highest BCUT2D eigenvalue weighted by molar-refractivity contribution is 7.89. The molecule has 0 radical (unpaired) electrons. The molecule has 3 aromatic rings. The van der Waals surface area contributed by atoms with Crippen molar-refractivity contribution < 1.29 is 12.8 Å². The summed E-state index contributed by atoms with van der Waals surface area (Å²) in [6.45, 7) is 3.93. The van der Waals surface area contributed by atoms with Gasteiger partial charge in [0, 0.05) is 22.9 Å². The molecule has 3 rings (SSSR count). The standard InChI is InChI=1S/C15H14N2O4S2/c1-9-14(22-10(2)17-9)8-16-23(19,20)12-4-5-13-11(7-12)3-6-15(18)21-13/h3-7,16H,8H2,1-2H3. The first-order valence-electron chi connectivity index (χ1n) is 6.82. The van der Waals surface area contributed by atoms with Gasteiger partial charge in [0.1, 0.15) is 5.58 Å². The first-order valence-corrected chi connectivity index (χ1v) is 9.11. The monoisotopic (exact) mass is 350 g/mol. The molecule has 120 valence electrons. The molecule has 2 aromatic heterocycles. The van der Waals surface area contributed by atoms with Crippen LogP contribution in [0.1, 0.15) is 15.6 Å². The largest absolute Gasteiger partial charge is 0.423 e. The third-order valence-corrected chi connectivity index (χ3v) is 5.80. The summed E-state index contributed by atoms with van der Waals surface area (Å²) in [5.74, 6) is 0. The maximum Gasteiger partial charge on any atom is 0.336 e. The molecule has 23 heavy (non-hydrogen) atoms. The van der Waals surface area contributed by atoms with Crippen LogP contribution in [0.2, 0.25) is 0 Å². The highest BCUT2D eigenvalue weighted by Crippen LogP contribution is 2.20. The number of thiazole rings is 1. The molecule has 0 spiro atoms. The van der Waals surface area contributed by atoms with Gasteiger partial charge in [0.2, 0.25) is 10.0 Å². The van der Waals surface area contributed by atoms with E-state index in [0.717, 1.165) is 15.6 Å². The van der Waals surface area contributed by atoms with Crippen LogP contribution in [0.5, 0.6) is 0 Å². The molecule has 6 nitrogen and oxygen atoms in total. The van der Waals surface area contributed by atoms with Crippen LogP contribution in [0, 0.1) is 13.8 Å². The molecule has 0 aliphatic heterocycles. The zero-order chi connectivity index (χ0) is 16.6. The van der Waals surface area contributed by atoms with Crippen LogP contribution < -0.4 is 10.3 Å². The first kappa shape index (κ1) is 15.9. The lowest BCUT2D eigenvalue weighted by molar-refractivity contribution is 0.560. The maximum absolute atomic E-state index is 12.4. The molecule has 2 heterocycles. The fraction of sp³-hybridized carbons (Fsp3) is 0.200. The van der Waals surface area contributed by atoms with Crippen molar-refractivity contribution in [2.24, 2.45) is 0 Å². The van der Waals surface area contributed by atoms with E-state index in [4.69, 9.17) is 4.42 Å². The minimum atomic E-state index is -3.66. The lowest BCUT2D eigenvalue weighted by Crippen LogP contribution is -2.23. The molecular weight excluding hydrogens is 336 g/mol. The number of benzene rings is 1. The van der Waals surface area contributed by atoms with E-state index in [0.29, 0.717) is 11.0 Å². The van der Waals surface area contributed by atoms with Crippen molar-refractivity contribution in [3.63, 3.8) is 0 Å². The lowest BCUT2D eigenvalue weighted by Gasteiger charge is -2.07. The van der Waals surface area contributed by atoms with Crippen LogP contribution in [0.25, 0.3) is 11.0 Å². The molecule has 0 aliphatic carbocycles. The summed E-state index contributed by atoms with van der Waals surface area (Å²) in [6, 6.07) is 7.17. The van der Waals surface area contributed by atoms with Gasteiger partial charge in [0.25, 0.3) is 0 Å². The van der Waals surface area contributed by atoms with Crippen LogP contribution >= 0.6 is 11.3 Å². The number of fused-ring (bicyclic) bond motifs is 1. The van der Waals surface area contributed by atoms with E-state index in [2.05, 4.69) is 9.71 Å². The van der Waals surface area contributed by atoms with Crippen LogP contribution in [0.15, 0.2) is 44.4 Å². The molecule has 0 saturated carbocycles. The van der Waals surface area contributed by atoms with E-state index in [-0.39, 0.29) is 11.4 Å². The number of sulfonamides is 1. The molecule has 1 N–H and O–H groups in total. The Morgan fingerprint density at radius 2 is 2.00 bits per heavy atom. The van der Waals surface area contributed by atoms with E-state index in [1.54, 1.807) is 0 Å². The summed E-state index contributed by atoms with van der Waals surface area (Å²) < 4.78 is 32.4. The second-order valence-electron chi connectivity index (χ2n) is 5.02. The Morgan fingerprint density at radius 1 is 1.22 bits per heavy atom. The van der Waals surface area contributed by atoms with Gasteiger partial charge in [-0.1, -0.05) is 0 Å². The number of nitrogens with one attached hydrogen (secondary N) is 1. The number of aryl methyl sites for hydroxylation is 2. The second kappa shape index (κ2) is 5.88. The number of hydrogen-bond donors (Lipinski definition) is 1. The third-order valence-electron chi connectivity index (χ3n) is 3.32. The number of rotatable bonds is 4. The fourth-order valence-corrected chi connectivity index (χ4v) is 4.20. The highest BCUT2D eigenvalue weighted by Gasteiger charge is 2.16. The lowest BCUT2D eigenvalue weighted by atomic mass is 10.2. The highest BCUT2D eigenvalue weighted by atomic mass is 32.2. The van der Waals surface area contributed by atoms with Crippen molar-refractivity contribution in [2.45, 2.75) is 25.3 Å². The van der Waals surface area contributed by atoms with Crippen LogP contribution in [-0.2, 0) is 16.6 Å². The molecule has 0 saturated heterocycles. The molecular formula is C15H14N2O4S2. The van der Waals surface area contributed by atoms with Gasteiger partial charge >= 0.3 is 5.63 Å². The Labute approximate surface area is 136 Å². The predicted molar refractivity (Wildman–Crippen MR) is 88.1 cm³/mol. The Balaban J connectivity index is 1.88. The molecule has 0 bridgehead atoms. The molecule has 1 aromatic carbocycles. The summed E-state index contributed by atoms with van der Waals surface area (Å²) in [5, 5.41) is 1.45. The fourth-order valence-electron chi connectivity index (χ4n) is 2.20. The van der Waals surface area contributed by atoms with Crippen LogP contribution in [0.4, 0.5) is 0 Å². The Hall–Kier alpha value is -2.03. The van der Waals surface area contributed by atoms with Crippen molar-refractivity contribution in [3.8, 4) is 0 Å². The van der Waals surface area contributed by atoms with Crippen molar-refractivity contribution in [3.05, 3.63) is 56.3 Å². The summed E-state index contributed by atoms with van der Waals surface area (Å²) in [7, 11) is -3.66. The Bertz CT molecular complexity index is 1040. The van der Waals surface area contributed by atoms with E-state index >= 15 is 0 Å². The van der Waals surface area contributed by atoms with Crippen molar-refractivity contribution in [1.82, 2.24) is 9.71 Å². The predicted octanol–water partition coefficient (Wildman–Crippen LogP) is 2.34. The number of nitrogens with zero attached hydrogens (tertiary/aromatic N) is 1. The van der Waals surface area contributed by atoms with E-state index in [1.807, 2.05) is 13.8 Å². The van der Waals surface area contributed by atoms with Gasteiger partial charge in [-0.05, 0) is 38.1 Å². The van der Waals surface area contributed by atoms with Crippen molar-refractivity contribution in [1.29, 1.82) is 0 Å². The zero-order valence-corrected chi connectivity index (χ0v) is 14.1. The molecule has 0 amide bonds. The quantitative estimate of drug-likeness (QED) is 0.730.